The van der Waals surface area contributed by atoms with Crippen LogP contribution in [0.3, 0.4) is 0 Å². The van der Waals surface area contributed by atoms with E-state index in [-0.39, 0.29) is 68.6 Å². The van der Waals surface area contributed by atoms with Gasteiger partial charge >= 0.3 is 6.18 Å². The third-order valence-corrected chi connectivity index (χ3v) is 7.52. The predicted octanol–water partition coefficient (Wildman–Crippen LogP) is 7.74. The molecule has 0 unspecified atom stereocenters. The van der Waals surface area contributed by atoms with E-state index >= 15 is 8.78 Å². The molecular formula is C36H25F5N6O2. The van der Waals surface area contributed by atoms with E-state index in [1.54, 1.807) is 36.4 Å². The molecule has 4 aromatic carbocycles. The molecule has 6 rings (SSSR count). The fourth-order valence-corrected chi connectivity index (χ4v) is 5.30. The van der Waals surface area contributed by atoms with Crippen LogP contribution >= 0.6 is 0 Å². The maximum absolute atomic E-state index is 15.5. The van der Waals surface area contributed by atoms with E-state index in [4.69, 9.17) is 16.2 Å². The van der Waals surface area contributed by atoms with Gasteiger partial charge in [0, 0.05) is 28.7 Å². The number of ether oxygens (including phenoxy) is 1. The molecule has 0 radical (unpaired) electrons. The zero-order valence-corrected chi connectivity index (χ0v) is 25.4. The van der Waals surface area contributed by atoms with Crippen molar-refractivity contribution in [2.45, 2.75) is 12.6 Å². The van der Waals surface area contributed by atoms with Crippen LogP contribution in [0, 0.1) is 11.6 Å². The molecule has 0 fully saturated rings. The summed E-state index contributed by atoms with van der Waals surface area (Å²) < 4.78 is 75.6. The Balaban J connectivity index is 1.37. The normalized spacial score (nSPS) is 11.4. The van der Waals surface area contributed by atoms with Crippen molar-refractivity contribution >= 4 is 17.4 Å². The van der Waals surface area contributed by atoms with Gasteiger partial charge in [-0.1, -0.05) is 48.5 Å². The second-order valence-corrected chi connectivity index (χ2v) is 10.9. The van der Waals surface area contributed by atoms with Gasteiger partial charge in [-0.15, -0.1) is 0 Å². The number of hydrogen-bond acceptors (Lipinski definition) is 8. The molecule has 2 heterocycles. The molecule has 0 spiro atoms. The molecule has 49 heavy (non-hydrogen) atoms. The number of Topliss-reactive ketones (excluding diaryl/α,β-unsaturated/α-hetero) is 1. The molecule has 0 aliphatic rings. The number of alkyl halides is 3. The lowest BCUT2D eigenvalue weighted by Crippen LogP contribution is -2.19. The molecule has 0 atom stereocenters. The van der Waals surface area contributed by atoms with Crippen LogP contribution in [0.25, 0.3) is 44.8 Å². The Kier molecular flexibility index (Phi) is 8.99. The maximum atomic E-state index is 15.5. The zero-order chi connectivity index (χ0) is 34.7. The summed E-state index contributed by atoms with van der Waals surface area (Å²) in [4.78, 5) is 30.0. The molecule has 0 aliphatic carbocycles. The Bertz CT molecular complexity index is 2160. The molecule has 0 amide bonds. The van der Waals surface area contributed by atoms with Gasteiger partial charge in [-0.2, -0.15) is 13.2 Å². The molecule has 8 nitrogen and oxygen atoms in total. The van der Waals surface area contributed by atoms with Crippen LogP contribution in [0.15, 0.2) is 104 Å². The first kappa shape index (κ1) is 32.7. The summed E-state index contributed by atoms with van der Waals surface area (Å²) in [6.07, 6.45) is 0.259. The smallest absolute Gasteiger partial charge is 0.422 e. The molecule has 0 saturated carbocycles. The quantitative estimate of drug-likeness (QED) is 0.118. The molecular weight excluding hydrogens is 643 g/mol. The fraction of sp³-hybridized carbons (Fsp3) is 0.0833. The second-order valence-electron chi connectivity index (χ2n) is 10.9. The van der Waals surface area contributed by atoms with Crippen LogP contribution in [0.1, 0.15) is 15.9 Å². The SMILES string of the molecule is Nc1cnc(-c2ccc(-c3ccccc3C(=O)Cc3cccc(OCC(F)(F)F)c3-c3ccc(-c4cnc(N)cn4)c(F)c3)cc2F)cn1. The van der Waals surface area contributed by atoms with Crippen LogP contribution in [0.4, 0.5) is 33.6 Å². The summed E-state index contributed by atoms with van der Waals surface area (Å²) in [7, 11) is 0. The number of benzene rings is 4. The molecule has 13 heteroatoms. The molecule has 4 N–H and O–H groups in total. The summed E-state index contributed by atoms with van der Waals surface area (Å²) in [6, 6.07) is 19.3. The van der Waals surface area contributed by atoms with Crippen LogP contribution in [0.5, 0.6) is 5.75 Å². The van der Waals surface area contributed by atoms with Crippen LogP contribution in [-0.4, -0.2) is 38.5 Å². The summed E-state index contributed by atoms with van der Waals surface area (Å²) in [5.41, 5.74) is 13.5. The number of hydrogen-bond donors (Lipinski definition) is 2. The number of halogens is 5. The van der Waals surface area contributed by atoms with E-state index in [9.17, 15) is 18.0 Å². The van der Waals surface area contributed by atoms with E-state index in [0.717, 1.165) is 6.07 Å². The van der Waals surface area contributed by atoms with Gasteiger partial charge in [0.1, 0.15) is 29.0 Å². The number of carbonyl (C=O) groups is 1. The van der Waals surface area contributed by atoms with Gasteiger partial charge in [0.05, 0.1) is 36.2 Å². The van der Waals surface area contributed by atoms with Crippen LogP contribution < -0.4 is 16.2 Å². The highest BCUT2D eigenvalue weighted by Gasteiger charge is 2.29. The Morgan fingerprint density at radius 1 is 0.673 bits per heavy atom. The maximum Gasteiger partial charge on any atom is 0.422 e. The van der Waals surface area contributed by atoms with Crippen molar-refractivity contribution in [2.75, 3.05) is 18.1 Å². The van der Waals surface area contributed by atoms with E-state index in [0.29, 0.717) is 11.1 Å². The zero-order valence-electron chi connectivity index (χ0n) is 25.4. The third kappa shape index (κ3) is 7.35. The number of nitrogen functional groups attached to an aromatic ring is 2. The van der Waals surface area contributed by atoms with Gasteiger partial charge in [0.25, 0.3) is 0 Å². The first-order valence-corrected chi connectivity index (χ1v) is 14.7. The van der Waals surface area contributed by atoms with Crippen molar-refractivity contribution < 1.29 is 31.5 Å². The number of nitrogens with two attached hydrogens (primary N) is 2. The minimum Gasteiger partial charge on any atom is -0.483 e. The number of aromatic nitrogens is 4. The standard InChI is InChI=1S/C36H25F5N6O2/c37-27-12-20(8-10-25(27)29-15-46-33(42)17-44-29)23-5-1-2-6-24(23)31(48)14-21-4-3-7-32(49-19-36(39,40)41)35(21)22-9-11-26(28(38)13-22)30-16-47-34(43)18-45-30/h1-13,15-18H,14,19H2,(H2,42,46)(H2,43,47). The molecule has 0 aliphatic heterocycles. The van der Waals surface area contributed by atoms with Gasteiger partial charge in [-0.25, -0.2) is 18.7 Å². The van der Waals surface area contributed by atoms with Gasteiger partial charge in [0.15, 0.2) is 12.4 Å². The second kappa shape index (κ2) is 13.5. The topological polar surface area (TPSA) is 130 Å². The molecule has 2 aromatic heterocycles. The third-order valence-electron chi connectivity index (χ3n) is 7.52. The number of rotatable bonds is 9. The monoisotopic (exact) mass is 668 g/mol. The number of nitrogens with zero attached hydrogens (tertiary/aromatic N) is 4. The van der Waals surface area contributed by atoms with Crippen molar-refractivity contribution in [1.29, 1.82) is 0 Å². The summed E-state index contributed by atoms with van der Waals surface area (Å²) in [5.74, 6) is -1.63. The van der Waals surface area contributed by atoms with Crippen molar-refractivity contribution in [2.24, 2.45) is 0 Å². The number of ketones is 1. The van der Waals surface area contributed by atoms with Crippen LogP contribution in [-0.2, 0) is 6.42 Å². The Morgan fingerprint density at radius 2 is 1.27 bits per heavy atom. The lowest BCUT2D eigenvalue weighted by Gasteiger charge is -2.18. The van der Waals surface area contributed by atoms with Gasteiger partial charge in [0.2, 0.25) is 0 Å². The number of carbonyl (C=O) groups excluding carboxylic acids is 1. The summed E-state index contributed by atoms with van der Waals surface area (Å²) in [5, 5.41) is 0. The van der Waals surface area contributed by atoms with Crippen molar-refractivity contribution in [3.63, 3.8) is 0 Å². The van der Waals surface area contributed by atoms with E-state index < -0.39 is 30.2 Å². The van der Waals surface area contributed by atoms with E-state index in [2.05, 4.69) is 19.9 Å². The lowest BCUT2D eigenvalue weighted by molar-refractivity contribution is -0.153. The Labute approximate surface area is 276 Å². The van der Waals surface area contributed by atoms with Gasteiger partial charge in [-0.05, 0) is 52.6 Å². The summed E-state index contributed by atoms with van der Waals surface area (Å²) in [6.45, 7) is -1.61. The first-order valence-electron chi connectivity index (χ1n) is 14.7. The molecule has 246 valence electrons. The number of anilines is 2. The average Bonchev–Trinajstić information content (AvgIpc) is 3.08. The highest BCUT2D eigenvalue weighted by atomic mass is 19.4. The lowest BCUT2D eigenvalue weighted by atomic mass is 9.90. The van der Waals surface area contributed by atoms with Crippen LogP contribution in [0.2, 0.25) is 0 Å². The molecule has 6 aromatic rings. The Morgan fingerprint density at radius 3 is 1.84 bits per heavy atom. The van der Waals surface area contributed by atoms with E-state index in [1.165, 1.54) is 61.2 Å². The van der Waals surface area contributed by atoms with Crippen molar-refractivity contribution in [3.05, 3.63) is 126 Å². The minimum absolute atomic E-state index is 0.0817. The fourth-order valence-electron chi connectivity index (χ4n) is 5.30. The molecule has 0 saturated heterocycles. The molecule has 0 bridgehead atoms. The highest BCUT2D eigenvalue weighted by molar-refractivity contribution is 6.04. The average molecular weight is 669 g/mol. The van der Waals surface area contributed by atoms with Crippen molar-refractivity contribution in [1.82, 2.24) is 19.9 Å². The summed E-state index contributed by atoms with van der Waals surface area (Å²) >= 11 is 0. The van der Waals surface area contributed by atoms with E-state index in [1.807, 2.05) is 0 Å². The van der Waals surface area contributed by atoms with Crippen molar-refractivity contribution in [3.8, 4) is 50.5 Å². The Hall–Kier alpha value is -6.24. The van der Waals surface area contributed by atoms with Gasteiger partial charge < -0.3 is 16.2 Å². The predicted molar refractivity (Wildman–Crippen MR) is 174 cm³/mol. The minimum atomic E-state index is -4.66. The largest absolute Gasteiger partial charge is 0.483 e. The highest BCUT2D eigenvalue weighted by Crippen LogP contribution is 2.38. The first-order chi connectivity index (χ1) is 23.5. The van der Waals surface area contributed by atoms with Gasteiger partial charge in [-0.3, -0.25) is 14.8 Å².